The first-order chi connectivity index (χ1) is 6.47. The summed E-state index contributed by atoms with van der Waals surface area (Å²) >= 11 is 0. The summed E-state index contributed by atoms with van der Waals surface area (Å²) in [6.45, 7) is 0.0894. The molecule has 0 bridgehead atoms. The second-order valence-corrected chi connectivity index (χ2v) is 5.02. The van der Waals surface area contributed by atoms with Gasteiger partial charge in [0, 0.05) is 6.26 Å². The first-order valence-electron chi connectivity index (χ1n) is 3.85. The normalized spacial score (nSPS) is 11.2. The Kier molecular flexibility index (Phi) is 3.23. The highest BCUT2D eigenvalue weighted by atomic mass is 32.2. The van der Waals surface area contributed by atoms with Crippen LogP contribution in [0.2, 0.25) is 0 Å². The van der Waals surface area contributed by atoms with Crippen LogP contribution in [0.5, 0.6) is 5.75 Å². The summed E-state index contributed by atoms with van der Waals surface area (Å²) in [5.74, 6) is 0.528. The van der Waals surface area contributed by atoms with Crippen LogP contribution in [0.4, 0.5) is 5.95 Å². The van der Waals surface area contributed by atoms with E-state index in [9.17, 15) is 8.42 Å². The molecule has 2 N–H and O–H groups in total. The number of nitrogens with zero attached hydrogens (tertiary/aromatic N) is 2. The van der Waals surface area contributed by atoms with E-state index >= 15 is 0 Å². The van der Waals surface area contributed by atoms with Crippen molar-refractivity contribution >= 4 is 15.8 Å². The molecule has 0 aliphatic rings. The summed E-state index contributed by atoms with van der Waals surface area (Å²) < 4.78 is 26.6. The minimum Gasteiger partial charge on any atom is -0.489 e. The molecule has 0 fully saturated rings. The van der Waals surface area contributed by atoms with Crippen molar-refractivity contribution in [2.24, 2.45) is 0 Å². The van der Waals surface area contributed by atoms with E-state index in [0.717, 1.165) is 6.26 Å². The lowest BCUT2D eigenvalue weighted by molar-refractivity contribution is 0.338. The Labute approximate surface area is 82.0 Å². The molecule has 0 unspecified atom stereocenters. The number of anilines is 1. The zero-order valence-corrected chi connectivity index (χ0v) is 8.49. The lowest BCUT2D eigenvalue weighted by Crippen LogP contribution is -2.12. The van der Waals surface area contributed by atoms with E-state index in [4.69, 9.17) is 10.5 Å². The lowest BCUT2D eigenvalue weighted by Gasteiger charge is -2.03. The van der Waals surface area contributed by atoms with Crippen molar-refractivity contribution in [2.45, 2.75) is 0 Å². The average Bonchev–Trinajstić information content (AvgIpc) is 2.06. The summed E-state index contributed by atoms with van der Waals surface area (Å²) in [5.41, 5.74) is 5.25. The molecular weight excluding hydrogens is 206 g/mol. The molecule has 1 aromatic rings. The van der Waals surface area contributed by atoms with Gasteiger partial charge in [0.15, 0.2) is 15.6 Å². The maximum atomic E-state index is 10.7. The van der Waals surface area contributed by atoms with E-state index in [2.05, 4.69) is 9.97 Å². The molecule has 0 saturated heterocycles. The molecule has 6 nitrogen and oxygen atoms in total. The van der Waals surface area contributed by atoms with Crippen molar-refractivity contribution in [1.29, 1.82) is 0 Å². The van der Waals surface area contributed by atoms with Crippen LogP contribution >= 0.6 is 0 Å². The molecule has 1 rings (SSSR count). The van der Waals surface area contributed by atoms with E-state index < -0.39 is 9.84 Å². The Balaban J connectivity index is 2.43. The molecule has 0 spiro atoms. The number of nitrogen functional groups attached to an aromatic ring is 1. The summed E-state index contributed by atoms with van der Waals surface area (Å²) in [6.07, 6.45) is 3.94. The first kappa shape index (κ1) is 10.7. The van der Waals surface area contributed by atoms with Gasteiger partial charge in [-0.15, -0.1) is 0 Å². The molecule has 78 valence electrons. The van der Waals surface area contributed by atoms with Crippen LogP contribution < -0.4 is 10.5 Å². The first-order valence-corrected chi connectivity index (χ1v) is 5.91. The SMILES string of the molecule is CS(=O)(=O)CCOc1cnc(N)nc1. The van der Waals surface area contributed by atoms with E-state index in [-0.39, 0.29) is 18.3 Å². The third-order valence-electron chi connectivity index (χ3n) is 1.37. The largest absolute Gasteiger partial charge is 0.489 e. The fourth-order valence-corrected chi connectivity index (χ4v) is 1.10. The van der Waals surface area contributed by atoms with Gasteiger partial charge in [-0.3, -0.25) is 0 Å². The Morgan fingerprint density at radius 1 is 1.43 bits per heavy atom. The molecule has 0 atom stereocenters. The van der Waals surface area contributed by atoms with Gasteiger partial charge in [0.25, 0.3) is 0 Å². The van der Waals surface area contributed by atoms with Crippen molar-refractivity contribution in [3.63, 3.8) is 0 Å². The molecule has 0 aliphatic heterocycles. The van der Waals surface area contributed by atoms with Gasteiger partial charge >= 0.3 is 0 Å². The number of nitrogens with two attached hydrogens (primary N) is 1. The molecule has 0 saturated carbocycles. The third-order valence-corrected chi connectivity index (χ3v) is 2.28. The predicted octanol–water partition coefficient (Wildman–Crippen LogP) is -0.518. The number of hydrogen-bond donors (Lipinski definition) is 1. The van der Waals surface area contributed by atoms with Crippen LogP contribution in [0.15, 0.2) is 12.4 Å². The quantitative estimate of drug-likeness (QED) is 0.729. The highest BCUT2D eigenvalue weighted by molar-refractivity contribution is 7.90. The van der Waals surface area contributed by atoms with Crippen LogP contribution in [0.25, 0.3) is 0 Å². The molecule has 14 heavy (non-hydrogen) atoms. The molecule has 0 aliphatic carbocycles. The molecule has 1 aromatic heterocycles. The van der Waals surface area contributed by atoms with E-state index in [1.54, 1.807) is 0 Å². The maximum absolute atomic E-state index is 10.7. The molecule has 7 heteroatoms. The minimum absolute atomic E-state index is 0.0304. The zero-order valence-electron chi connectivity index (χ0n) is 7.67. The van der Waals surface area contributed by atoms with Gasteiger partial charge < -0.3 is 10.5 Å². The highest BCUT2D eigenvalue weighted by Gasteiger charge is 2.02. The van der Waals surface area contributed by atoms with Crippen LogP contribution in [0.1, 0.15) is 0 Å². The molecule has 0 amide bonds. The summed E-state index contributed by atoms with van der Waals surface area (Å²) in [5, 5.41) is 0. The van der Waals surface area contributed by atoms with Gasteiger partial charge in [-0.25, -0.2) is 18.4 Å². The van der Waals surface area contributed by atoms with Crippen LogP contribution in [0, 0.1) is 0 Å². The van der Waals surface area contributed by atoms with E-state index in [1.807, 2.05) is 0 Å². The van der Waals surface area contributed by atoms with Crippen molar-refractivity contribution in [2.75, 3.05) is 24.3 Å². The van der Waals surface area contributed by atoms with Crippen LogP contribution in [-0.4, -0.2) is 37.0 Å². The number of rotatable bonds is 4. The van der Waals surface area contributed by atoms with Crippen LogP contribution in [0.3, 0.4) is 0 Å². The summed E-state index contributed by atoms with van der Waals surface area (Å²) in [6, 6.07) is 0. The Hall–Kier alpha value is -1.37. The topological polar surface area (TPSA) is 95.2 Å². The van der Waals surface area contributed by atoms with Gasteiger partial charge in [0.05, 0.1) is 18.1 Å². The Bertz CT molecular complexity index is 387. The third kappa shape index (κ3) is 4.04. The zero-order chi connectivity index (χ0) is 10.6. The van der Waals surface area contributed by atoms with Crippen molar-refractivity contribution in [3.8, 4) is 5.75 Å². The molecular formula is C7H11N3O3S. The Morgan fingerprint density at radius 3 is 2.50 bits per heavy atom. The van der Waals surface area contributed by atoms with E-state index in [0.29, 0.717) is 5.75 Å². The summed E-state index contributed by atoms with van der Waals surface area (Å²) in [4.78, 5) is 7.37. The van der Waals surface area contributed by atoms with Crippen molar-refractivity contribution in [3.05, 3.63) is 12.4 Å². The molecule has 1 heterocycles. The van der Waals surface area contributed by atoms with E-state index in [1.165, 1.54) is 12.4 Å². The number of hydrogen-bond acceptors (Lipinski definition) is 6. The standard InChI is InChI=1S/C7H11N3O3S/c1-14(11,12)3-2-13-6-4-9-7(8)10-5-6/h4-5H,2-3H2,1H3,(H2,8,9,10). The monoisotopic (exact) mass is 217 g/mol. The number of aromatic nitrogens is 2. The van der Waals surface area contributed by atoms with Gasteiger partial charge in [-0.2, -0.15) is 0 Å². The van der Waals surface area contributed by atoms with Crippen molar-refractivity contribution < 1.29 is 13.2 Å². The maximum Gasteiger partial charge on any atom is 0.220 e. The molecule has 0 aromatic carbocycles. The fraction of sp³-hybridized carbons (Fsp3) is 0.429. The Morgan fingerprint density at radius 2 is 2.00 bits per heavy atom. The lowest BCUT2D eigenvalue weighted by atomic mass is 10.6. The predicted molar refractivity (Wildman–Crippen MR) is 51.7 cm³/mol. The second kappa shape index (κ2) is 4.23. The highest BCUT2D eigenvalue weighted by Crippen LogP contribution is 2.06. The fourth-order valence-electron chi connectivity index (χ4n) is 0.712. The van der Waals surface area contributed by atoms with Crippen LogP contribution in [-0.2, 0) is 9.84 Å². The minimum atomic E-state index is -2.99. The van der Waals surface area contributed by atoms with Gasteiger partial charge in [0.2, 0.25) is 5.95 Å². The number of ether oxygens (including phenoxy) is 1. The van der Waals surface area contributed by atoms with Crippen molar-refractivity contribution in [1.82, 2.24) is 9.97 Å². The van der Waals surface area contributed by atoms with Gasteiger partial charge in [-0.1, -0.05) is 0 Å². The smallest absolute Gasteiger partial charge is 0.220 e. The van der Waals surface area contributed by atoms with Gasteiger partial charge in [-0.05, 0) is 0 Å². The number of sulfone groups is 1. The second-order valence-electron chi connectivity index (χ2n) is 2.76. The average molecular weight is 217 g/mol. The summed E-state index contributed by atoms with van der Waals surface area (Å²) in [7, 11) is -2.99. The van der Waals surface area contributed by atoms with Gasteiger partial charge in [0.1, 0.15) is 6.61 Å². The molecule has 0 radical (unpaired) electrons.